The van der Waals surface area contributed by atoms with Crippen molar-refractivity contribution < 1.29 is 9.59 Å². The number of fused-ring (bicyclic) bond motifs is 2. The highest BCUT2D eigenvalue weighted by Gasteiger charge is 2.52. The molecule has 2 aliphatic rings. The van der Waals surface area contributed by atoms with Crippen molar-refractivity contribution in [1.29, 1.82) is 0 Å². The number of amides is 1. The van der Waals surface area contributed by atoms with Gasteiger partial charge in [0.2, 0.25) is 12.0 Å². The summed E-state index contributed by atoms with van der Waals surface area (Å²) < 4.78 is 0. The normalized spacial score (nSPS) is 18.8. The van der Waals surface area contributed by atoms with Gasteiger partial charge in [0.15, 0.2) is 0 Å². The second-order valence-corrected chi connectivity index (χ2v) is 4.79. The molecule has 0 saturated heterocycles. The molecular formula is C13H12N2O2. The van der Waals surface area contributed by atoms with Crippen LogP contribution in [0.1, 0.15) is 25.3 Å². The van der Waals surface area contributed by atoms with Crippen LogP contribution in [0.4, 0.5) is 11.4 Å². The summed E-state index contributed by atoms with van der Waals surface area (Å²) in [5.41, 5.74) is 2.87. The van der Waals surface area contributed by atoms with Crippen LogP contribution in [0.3, 0.4) is 0 Å². The standard InChI is InChI=1S/C13H12N2O2/c1-9(17)15-7-13(4-5-13)11-3-2-10(14-8-16)6-12(11)15/h2-3,6H,4-5,7H2,1H3. The Hall–Kier alpha value is -1.93. The largest absolute Gasteiger partial charge is 0.311 e. The van der Waals surface area contributed by atoms with Crippen molar-refractivity contribution in [3.8, 4) is 0 Å². The number of aliphatic imine (C=N–C) groups is 1. The minimum atomic E-state index is 0.0438. The molecule has 17 heavy (non-hydrogen) atoms. The summed E-state index contributed by atoms with van der Waals surface area (Å²) in [6.45, 7) is 2.34. The molecule has 1 heterocycles. The number of hydrogen-bond donors (Lipinski definition) is 0. The molecule has 0 unspecified atom stereocenters. The Morgan fingerprint density at radius 1 is 1.47 bits per heavy atom. The molecule has 1 fully saturated rings. The number of anilines is 1. The Labute approximate surface area is 99.0 Å². The van der Waals surface area contributed by atoms with E-state index in [1.165, 1.54) is 11.6 Å². The van der Waals surface area contributed by atoms with E-state index in [9.17, 15) is 9.59 Å². The average Bonchev–Trinajstić information content (AvgIpc) is 2.98. The van der Waals surface area contributed by atoms with Gasteiger partial charge in [0.25, 0.3) is 0 Å². The molecule has 0 aromatic heterocycles. The molecule has 0 radical (unpaired) electrons. The summed E-state index contributed by atoms with van der Waals surface area (Å²) in [5.74, 6) is 0.0438. The topological polar surface area (TPSA) is 49.7 Å². The van der Waals surface area contributed by atoms with E-state index in [4.69, 9.17) is 0 Å². The number of carbonyl (C=O) groups excluding carboxylic acids is 2. The lowest BCUT2D eigenvalue weighted by Crippen LogP contribution is -2.28. The van der Waals surface area contributed by atoms with Crippen LogP contribution in [0.15, 0.2) is 23.2 Å². The molecule has 3 rings (SSSR count). The number of rotatable bonds is 1. The third-order valence-electron chi connectivity index (χ3n) is 3.71. The lowest BCUT2D eigenvalue weighted by molar-refractivity contribution is -0.116. The number of nitrogens with zero attached hydrogens (tertiary/aromatic N) is 2. The monoisotopic (exact) mass is 228 g/mol. The maximum atomic E-state index is 11.6. The molecule has 1 saturated carbocycles. The van der Waals surface area contributed by atoms with Crippen LogP contribution in [0.2, 0.25) is 0 Å². The predicted molar refractivity (Wildman–Crippen MR) is 63.2 cm³/mol. The van der Waals surface area contributed by atoms with Crippen LogP contribution in [0, 0.1) is 0 Å². The minimum Gasteiger partial charge on any atom is -0.311 e. The highest BCUT2D eigenvalue weighted by atomic mass is 16.2. The Kier molecular flexibility index (Phi) is 1.98. The maximum Gasteiger partial charge on any atom is 0.240 e. The summed E-state index contributed by atoms with van der Waals surface area (Å²) in [6, 6.07) is 5.60. The highest BCUT2D eigenvalue weighted by Crippen LogP contribution is 2.56. The van der Waals surface area contributed by atoms with Crippen molar-refractivity contribution in [3.05, 3.63) is 23.8 Å². The fraction of sp³-hybridized carbons (Fsp3) is 0.385. The van der Waals surface area contributed by atoms with Crippen molar-refractivity contribution in [2.75, 3.05) is 11.4 Å². The summed E-state index contributed by atoms with van der Waals surface area (Å²) in [6.07, 6.45) is 3.81. The van der Waals surface area contributed by atoms with E-state index in [2.05, 4.69) is 4.99 Å². The lowest BCUT2D eigenvalue weighted by Gasteiger charge is -2.14. The van der Waals surface area contributed by atoms with Crippen molar-refractivity contribution >= 4 is 23.4 Å². The zero-order valence-corrected chi connectivity index (χ0v) is 9.56. The predicted octanol–water partition coefficient (Wildman–Crippen LogP) is 2.05. The molecule has 1 amide bonds. The first-order valence-electron chi connectivity index (χ1n) is 5.67. The van der Waals surface area contributed by atoms with Crippen LogP contribution in [0.25, 0.3) is 0 Å². The van der Waals surface area contributed by atoms with Crippen molar-refractivity contribution in [3.63, 3.8) is 0 Å². The number of carbonyl (C=O) groups is 1. The SMILES string of the molecule is CC(=O)N1CC2(CC2)c2ccc(N=C=O)cc21. The van der Waals surface area contributed by atoms with Crippen LogP contribution < -0.4 is 4.90 Å². The van der Waals surface area contributed by atoms with Gasteiger partial charge < -0.3 is 4.90 Å². The molecule has 4 heteroatoms. The van der Waals surface area contributed by atoms with Gasteiger partial charge >= 0.3 is 0 Å². The van der Waals surface area contributed by atoms with Gasteiger partial charge in [-0.2, -0.15) is 4.99 Å². The summed E-state index contributed by atoms with van der Waals surface area (Å²) >= 11 is 0. The lowest BCUT2D eigenvalue weighted by atomic mass is 9.98. The third-order valence-corrected chi connectivity index (χ3v) is 3.71. The highest BCUT2D eigenvalue weighted by molar-refractivity contribution is 5.95. The fourth-order valence-electron chi connectivity index (χ4n) is 2.65. The van der Waals surface area contributed by atoms with E-state index < -0.39 is 0 Å². The van der Waals surface area contributed by atoms with E-state index >= 15 is 0 Å². The Morgan fingerprint density at radius 3 is 2.82 bits per heavy atom. The molecular weight excluding hydrogens is 216 g/mol. The Bertz CT molecular complexity index is 555. The second kappa shape index (κ2) is 3.28. The fourth-order valence-corrected chi connectivity index (χ4v) is 2.65. The molecule has 1 spiro atoms. The van der Waals surface area contributed by atoms with Gasteiger partial charge in [-0.05, 0) is 30.5 Å². The summed E-state index contributed by atoms with van der Waals surface area (Å²) in [4.78, 5) is 27.3. The maximum absolute atomic E-state index is 11.6. The number of isocyanates is 1. The molecule has 0 atom stereocenters. The van der Waals surface area contributed by atoms with Gasteiger partial charge in [-0.15, -0.1) is 0 Å². The zero-order chi connectivity index (χ0) is 12.0. The molecule has 4 nitrogen and oxygen atoms in total. The minimum absolute atomic E-state index is 0.0438. The molecule has 1 aromatic carbocycles. The van der Waals surface area contributed by atoms with Gasteiger partial charge in [0.05, 0.1) is 5.69 Å². The average molecular weight is 228 g/mol. The summed E-state index contributed by atoms with van der Waals surface area (Å²) in [5, 5.41) is 0. The van der Waals surface area contributed by atoms with Crippen LogP contribution >= 0.6 is 0 Å². The molecule has 0 N–H and O–H groups in total. The molecule has 0 bridgehead atoms. The van der Waals surface area contributed by atoms with Crippen LogP contribution in [-0.2, 0) is 15.0 Å². The van der Waals surface area contributed by atoms with Gasteiger partial charge in [0, 0.05) is 24.6 Å². The van der Waals surface area contributed by atoms with Crippen LogP contribution in [-0.4, -0.2) is 18.5 Å². The number of hydrogen-bond acceptors (Lipinski definition) is 3. The smallest absolute Gasteiger partial charge is 0.240 e. The Balaban J connectivity index is 2.13. The molecule has 86 valence electrons. The van der Waals surface area contributed by atoms with E-state index in [1.807, 2.05) is 12.1 Å². The first-order valence-corrected chi connectivity index (χ1v) is 5.67. The number of benzene rings is 1. The van der Waals surface area contributed by atoms with Crippen molar-refractivity contribution in [2.24, 2.45) is 4.99 Å². The first kappa shape index (κ1) is 10.2. The molecule has 1 aromatic rings. The second-order valence-electron chi connectivity index (χ2n) is 4.79. The van der Waals surface area contributed by atoms with E-state index in [0.717, 1.165) is 25.1 Å². The quantitative estimate of drug-likeness (QED) is 0.545. The van der Waals surface area contributed by atoms with Gasteiger partial charge in [-0.25, -0.2) is 4.79 Å². The first-order chi connectivity index (χ1) is 8.16. The van der Waals surface area contributed by atoms with E-state index in [0.29, 0.717) is 5.69 Å². The van der Waals surface area contributed by atoms with Crippen molar-refractivity contribution in [2.45, 2.75) is 25.2 Å². The molecule has 1 aliphatic heterocycles. The van der Waals surface area contributed by atoms with Crippen LogP contribution in [0.5, 0.6) is 0 Å². The van der Waals surface area contributed by atoms with Gasteiger partial charge in [-0.3, -0.25) is 4.79 Å². The van der Waals surface area contributed by atoms with E-state index in [-0.39, 0.29) is 11.3 Å². The summed E-state index contributed by atoms with van der Waals surface area (Å²) in [7, 11) is 0. The van der Waals surface area contributed by atoms with Crippen molar-refractivity contribution in [1.82, 2.24) is 0 Å². The molecule has 1 aliphatic carbocycles. The third kappa shape index (κ3) is 1.41. The van der Waals surface area contributed by atoms with Gasteiger partial charge in [-0.1, -0.05) is 6.07 Å². The van der Waals surface area contributed by atoms with E-state index in [1.54, 1.807) is 17.9 Å². The van der Waals surface area contributed by atoms with Gasteiger partial charge in [0.1, 0.15) is 0 Å². The Morgan fingerprint density at radius 2 is 2.24 bits per heavy atom. The zero-order valence-electron chi connectivity index (χ0n) is 9.56.